The number of carbonyl (C=O) groups excluding carboxylic acids is 3. The summed E-state index contributed by atoms with van der Waals surface area (Å²) in [4.78, 5) is 51.3. The first-order valence-electron chi connectivity index (χ1n) is 10.8. The highest BCUT2D eigenvalue weighted by Crippen LogP contribution is 2.20. The molecule has 0 aromatic rings. The molecule has 0 spiro atoms. The quantitative estimate of drug-likeness (QED) is 0.405. The van der Waals surface area contributed by atoms with Gasteiger partial charge in [0.2, 0.25) is 17.7 Å². The van der Waals surface area contributed by atoms with E-state index in [0.717, 1.165) is 6.42 Å². The largest absolute Gasteiger partial charge is 0.480 e. The van der Waals surface area contributed by atoms with Crippen LogP contribution in [0.1, 0.15) is 60.8 Å². The Balaban J connectivity index is 2.94. The van der Waals surface area contributed by atoms with Crippen LogP contribution in [0.15, 0.2) is 0 Å². The maximum atomic E-state index is 13.0. The predicted octanol–water partition coefficient (Wildman–Crippen LogP) is 0.717. The van der Waals surface area contributed by atoms with E-state index in [4.69, 9.17) is 5.73 Å². The van der Waals surface area contributed by atoms with E-state index in [1.54, 1.807) is 27.7 Å². The van der Waals surface area contributed by atoms with Crippen LogP contribution in [-0.4, -0.2) is 64.4 Å². The van der Waals surface area contributed by atoms with Gasteiger partial charge < -0.3 is 26.4 Å². The minimum absolute atomic E-state index is 0.0333. The molecule has 1 saturated heterocycles. The molecular formula is C21H38N4O5. The highest BCUT2D eigenvalue weighted by atomic mass is 16.4. The molecule has 9 heteroatoms. The first kappa shape index (κ1) is 25.9. The molecule has 0 aromatic heterocycles. The van der Waals surface area contributed by atoms with Crippen molar-refractivity contribution in [3.05, 3.63) is 0 Å². The summed E-state index contributed by atoms with van der Waals surface area (Å²) in [7, 11) is 0. The van der Waals surface area contributed by atoms with Gasteiger partial charge in [-0.15, -0.1) is 0 Å². The van der Waals surface area contributed by atoms with E-state index in [1.807, 2.05) is 13.8 Å². The molecule has 0 saturated carbocycles. The van der Waals surface area contributed by atoms with E-state index >= 15 is 0 Å². The van der Waals surface area contributed by atoms with Gasteiger partial charge in [0.05, 0.1) is 6.04 Å². The Bertz CT molecular complexity index is 637. The van der Waals surface area contributed by atoms with Gasteiger partial charge in [0.25, 0.3) is 0 Å². The predicted molar refractivity (Wildman–Crippen MR) is 113 cm³/mol. The second-order valence-corrected chi connectivity index (χ2v) is 8.90. The number of carbonyl (C=O) groups is 4. The smallest absolute Gasteiger partial charge is 0.326 e. The molecule has 1 heterocycles. The Hall–Kier alpha value is -2.16. The number of likely N-dealkylation sites (tertiary alicyclic amines) is 1. The summed E-state index contributed by atoms with van der Waals surface area (Å²) in [6.45, 7) is 11.3. The van der Waals surface area contributed by atoms with Crippen molar-refractivity contribution in [3.8, 4) is 0 Å². The lowest BCUT2D eigenvalue weighted by Gasteiger charge is -2.31. The van der Waals surface area contributed by atoms with Crippen molar-refractivity contribution in [1.29, 1.82) is 0 Å². The minimum atomic E-state index is -1.04. The zero-order valence-electron chi connectivity index (χ0n) is 19.0. The lowest BCUT2D eigenvalue weighted by Crippen LogP contribution is -2.60. The molecular weight excluding hydrogens is 388 g/mol. The molecule has 1 aliphatic heterocycles. The third kappa shape index (κ3) is 6.42. The van der Waals surface area contributed by atoms with Crippen LogP contribution in [0.4, 0.5) is 0 Å². The molecule has 5 N–H and O–H groups in total. The van der Waals surface area contributed by atoms with Gasteiger partial charge in [0, 0.05) is 6.54 Å². The number of aliphatic carboxylic acids is 1. The molecule has 9 nitrogen and oxygen atoms in total. The maximum absolute atomic E-state index is 13.0. The average molecular weight is 427 g/mol. The van der Waals surface area contributed by atoms with Gasteiger partial charge in [0.15, 0.2) is 0 Å². The van der Waals surface area contributed by atoms with E-state index < -0.39 is 47.9 Å². The normalized spacial score (nSPS) is 20.6. The zero-order chi connectivity index (χ0) is 23.2. The number of hydrogen-bond donors (Lipinski definition) is 4. The van der Waals surface area contributed by atoms with Crippen molar-refractivity contribution in [1.82, 2.24) is 15.5 Å². The third-order valence-corrected chi connectivity index (χ3v) is 5.86. The number of nitrogens with one attached hydrogen (secondary N) is 2. The van der Waals surface area contributed by atoms with Gasteiger partial charge in [-0.1, -0.05) is 48.0 Å². The Kier molecular flexibility index (Phi) is 9.74. The fourth-order valence-corrected chi connectivity index (χ4v) is 3.52. The molecule has 1 rings (SSSR count). The molecule has 5 atom stereocenters. The molecule has 30 heavy (non-hydrogen) atoms. The summed E-state index contributed by atoms with van der Waals surface area (Å²) >= 11 is 0. The number of carboxylic acid groups (broad SMARTS) is 1. The van der Waals surface area contributed by atoms with Gasteiger partial charge in [-0.2, -0.15) is 0 Å². The topological polar surface area (TPSA) is 142 Å². The van der Waals surface area contributed by atoms with Crippen molar-refractivity contribution in [2.24, 2.45) is 23.5 Å². The molecule has 5 unspecified atom stereocenters. The number of carboxylic acids is 1. The van der Waals surface area contributed by atoms with E-state index in [1.165, 1.54) is 4.90 Å². The number of hydrogen-bond acceptors (Lipinski definition) is 5. The Morgan fingerprint density at radius 2 is 1.53 bits per heavy atom. The summed E-state index contributed by atoms with van der Waals surface area (Å²) in [6.07, 6.45) is 1.75. The lowest BCUT2D eigenvalue weighted by molar-refractivity contribution is -0.150. The number of nitrogens with two attached hydrogens (primary N) is 1. The van der Waals surface area contributed by atoms with Crippen molar-refractivity contribution in [3.63, 3.8) is 0 Å². The highest BCUT2D eigenvalue weighted by Gasteiger charge is 2.39. The SMILES string of the molecule is CCC(C)C(N)C(=O)NC(C(=O)NC(C(=O)N1CCCC1C(=O)O)C(C)C)C(C)C. The highest BCUT2D eigenvalue weighted by molar-refractivity contribution is 5.94. The molecule has 3 amide bonds. The average Bonchev–Trinajstić information content (AvgIpc) is 3.17. The molecule has 0 radical (unpaired) electrons. The first-order valence-corrected chi connectivity index (χ1v) is 10.8. The molecule has 1 fully saturated rings. The summed E-state index contributed by atoms with van der Waals surface area (Å²) in [5, 5.41) is 14.8. The van der Waals surface area contributed by atoms with Crippen LogP contribution >= 0.6 is 0 Å². The van der Waals surface area contributed by atoms with Gasteiger partial charge in [0.1, 0.15) is 18.1 Å². The Morgan fingerprint density at radius 1 is 1.00 bits per heavy atom. The summed E-state index contributed by atoms with van der Waals surface area (Å²) in [6, 6.07) is -3.33. The van der Waals surface area contributed by atoms with Crippen LogP contribution in [0.3, 0.4) is 0 Å². The van der Waals surface area contributed by atoms with Crippen LogP contribution in [0.25, 0.3) is 0 Å². The minimum Gasteiger partial charge on any atom is -0.480 e. The fourth-order valence-electron chi connectivity index (χ4n) is 3.52. The van der Waals surface area contributed by atoms with E-state index in [9.17, 15) is 24.3 Å². The van der Waals surface area contributed by atoms with Crippen molar-refractivity contribution in [2.45, 2.75) is 85.0 Å². The monoisotopic (exact) mass is 426 g/mol. The molecule has 0 aliphatic carbocycles. The van der Waals surface area contributed by atoms with E-state index in [2.05, 4.69) is 10.6 Å². The van der Waals surface area contributed by atoms with Gasteiger partial charge in [-0.25, -0.2) is 4.79 Å². The maximum Gasteiger partial charge on any atom is 0.326 e. The standard InChI is InChI=1S/C21H38N4O5/c1-7-13(6)15(22)18(26)23-16(11(2)3)19(27)24-17(12(4)5)20(28)25-10-8-9-14(25)21(29)30/h11-17H,7-10,22H2,1-6H3,(H,23,26)(H,24,27)(H,29,30). The Labute approximate surface area is 179 Å². The molecule has 172 valence electrons. The van der Waals surface area contributed by atoms with Crippen LogP contribution in [-0.2, 0) is 19.2 Å². The van der Waals surface area contributed by atoms with Crippen molar-refractivity contribution in [2.75, 3.05) is 6.54 Å². The van der Waals surface area contributed by atoms with Crippen molar-refractivity contribution >= 4 is 23.7 Å². The van der Waals surface area contributed by atoms with Gasteiger partial charge in [-0.05, 0) is 30.6 Å². The van der Waals surface area contributed by atoms with Crippen LogP contribution < -0.4 is 16.4 Å². The number of rotatable bonds is 10. The van der Waals surface area contributed by atoms with Crippen LogP contribution in [0, 0.1) is 17.8 Å². The van der Waals surface area contributed by atoms with Crippen molar-refractivity contribution < 1.29 is 24.3 Å². The van der Waals surface area contributed by atoms with Crippen LogP contribution in [0.5, 0.6) is 0 Å². The van der Waals surface area contributed by atoms with E-state index in [-0.39, 0.29) is 17.8 Å². The second kappa shape index (κ2) is 11.3. The van der Waals surface area contributed by atoms with Crippen LogP contribution in [0.2, 0.25) is 0 Å². The number of amides is 3. The Morgan fingerprint density at radius 3 is 2.00 bits per heavy atom. The van der Waals surface area contributed by atoms with E-state index in [0.29, 0.717) is 19.4 Å². The summed E-state index contributed by atoms with van der Waals surface area (Å²) in [5.41, 5.74) is 5.98. The summed E-state index contributed by atoms with van der Waals surface area (Å²) in [5.74, 6) is -2.84. The molecule has 1 aliphatic rings. The summed E-state index contributed by atoms with van der Waals surface area (Å²) < 4.78 is 0. The third-order valence-electron chi connectivity index (χ3n) is 5.86. The molecule has 0 aromatic carbocycles. The number of nitrogens with zero attached hydrogens (tertiary/aromatic N) is 1. The first-order chi connectivity index (χ1) is 13.9. The molecule has 0 bridgehead atoms. The fraction of sp³-hybridized carbons (Fsp3) is 0.810. The zero-order valence-corrected chi connectivity index (χ0v) is 19.0. The lowest BCUT2D eigenvalue weighted by atomic mass is 9.96. The second-order valence-electron chi connectivity index (χ2n) is 8.90. The van der Waals surface area contributed by atoms with Gasteiger partial charge in [-0.3, -0.25) is 14.4 Å². The van der Waals surface area contributed by atoms with Gasteiger partial charge >= 0.3 is 5.97 Å².